The van der Waals surface area contributed by atoms with Crippen LogP contribution in [0.4, 0.5) is 0 Å². The van der Waals surface area contributed by atoms with Gasteiger partial charge in [0.25, 0.3) is 0 Å². The van der Waals surface area contributed by atoms with Crippen LogP contribution in [0.2, 0.25) is 0 Å². The lowest BCUT2D eigenvalue weighted by molar-refractivity contribution is 0.354. The number of ether oxygens (including phenoxy) is 2. The van der Waals surface area contributed by atoms with Crippen molar-refractivity contribution in [2.24, 2.45) is 5.92 Å². The van der Waals surface area contributed by atoms with Gasteiger partial charge in [-0.3, -0.25) is 0 Å². The fourth-order valence-corrected chi connectivity index (χ4v) is 2.73. The monoisotopic (exact) mass is 249 g/mol. The van der Waals surface area contributed by atoms with Gasteiger partial charge in [0.05, 0.1) is 14.2 Å². The Bertz CT molecular complexity index is 419. The third-order valence-electron chi connectivity index (χ3n) is 4.10. The minimum absolute atomic E-state index is 0.287. The number of hydrogen-bond donors (Lipinski definition) is 1. The highest BCUT2D eigenvalue weighted by Crippen LogP contribution is 2.54. The molecule has 1 aromatic rings. The number of methoxy groups -OCH3 is 2. The maximum atomic E-state index is 5.39. The Balaban J connectivity index is 2.27. The Kier molecular flexibility index (Phi) is 3.81. The maximum Gasteiger partial charge on any atom is 0.161 e. The second-order valence-corrected chi connectivity index (χ2v) is 5.11. The van der Waals surface area contributed by atoms with Crippen molar-refractivity contribution in [2.75, 3.05) is 27.3 Å². The first-order chi connectivity index (χ1) is 8.67. The van der Waals surface area contributed by atoms with E-state index in [1.165, 1.54) is 12.0 Å². The van der Waals surface area contributed by atoms with Crippen LogP contribution in [0.3, 0.4) is 0 Å². The number of benzene rings is 1. The molecule has 3 heteroatoms. The van der Waals surface area contributed by atoms with E-state index in [-0.39, 0.29) is 5.41 Å². The molecule has 0 radical (unpaired) electrons. The summed E-state index contributed by atoms with van der Waals surface area (Å²) in [7, 11) is 3.36. The summed E-state index contributed by atoms with van der Waals surface area (Å²) in [6.07, 6.45) is 1.25. The molecule has 0 saturated heterocycles. The Hall–Kier alpha value is -1.22. The third kappa shape index (κ3) is 2.19. The molecule has 18 heavy (non-hydrogen) atoms. The molecule has 1 saturated carbocycles. The number of rotatable bonds is 6. The molecule has 0 aliphatic heterocycles. The van der Waals surface area contributed by atoms with Crippen molar-refractivity contribution in [2.45, 2.75) is 25.7 Å². The molecule has 1 aromatic carbocycles. The fraction of sp³-hybridized carbons (Fsp3) is 0.600. The molecule has 2 atom stereocenters. The first-order valence-electron chi connectivity index (χ1n) is 6.61. The van der Waals surface area contributed by atoms with Gasteiger partial charge in [0.2, 0.25) is 0 Å². The quantitative estimate of drug-likeness (QED) is 0.840. The van der Waals surface area contributed by atoms with E-state index in [0.717, 1.165) is 30.5 Å². The average Bonchev–Trinajstić information content (AvgIpc) is 3.07. The molecule has 2 rings (SSSR count). The molecule has 1 N–H and O–H groups in total. The molecule has 0 heterocycles. The average molecular weight is 249 g/mol. The highest BCUT2D eigenvalue weighted by molar-refractivity contribution is 5.47. The van der Waals surface area contributed by atoms with Crippen LogP contribution >= 0.6 is 0 Å². The van der Waals surface area contributed by atoms with Gasteiger partial charge in [-0.1, -0.05) is 19.9 Å². The number of nitrogens with one attached hydrogen (secondary N) is 1. The zero-order valence-electron chi connectivity index (χ0n) is 11.7. The van der Waals surface area contributed by atoms with Crippen molar-refractivity contribution in [3.8, 4) is 11.5 Å². The normalized spacial score (nSPS) is 25.9. The van der Waals surface area contributed by atoms with E-state index in [9.17, 15) is 0 Å². The molecule has 3 nitrogen and oxygen atoms in total. The Morgan fingerprint density at radius 2 is 1.94 bits per heavy atom. The van der Waals surface area contributed by atoms with Crippen LogP contribution < -0.4 is 14.8 Å². The van der Waals surface area contributed by atoms with Gasteiger partial charge in [0.1, 0.15) is 0 Å². The summed E-state index contributed by atoms with van der Waals surface area (Å²) in [5.41, 5.74) is 1.64. The van der Waals surface area contributed by atoms with Gasteiger partial charge in [-0.25, -0.2) is 0 Å². The summed E-state index contributed by atoms with van der Waals surface area (Å²) in [4.78, 5) is 0. The molecule has 0 spiro atoms. The SMILES string of the molecule is CCNCC1(c2ccc(OC)c(OC)c2)CC1C. The second kappa shape index (κ2) is 5.19. The van der Waals surface area contributed by atoms with Crippen LogP contribution in [-0.2, 0) is 5.41 Å². The van der Waals surface area contributed by atoms with Crippen LogP contribution in [0.25, 0.3) is 0 Å². The predicted octanol–water partition coefficient (Wildman–Crippen LogP) is 2.59. The molecule has 0 bridgehead atoms. The van der Waals surface area contributed by atoms with E-state index >= 15 is 0 Å². The summed E-state index contributed by atoms with van der Waals surface area (Å²) >= 11 is 0. The Labute approximate surface area is 109 Å². The molecule has 1 aliphatic rings. The lowest BCUT2D eigenvalue weighted by atomic mass is 9.93. The van der Waals surface area contributed by atoms with Crippen molar-refractivity contribution in [1.82, 2.24) is 5.32 Å². The zero-order valence-corrected chi connectivity index (χ0v) is 11.7. The van der Waals surface area contributed by atoms with E-state index in [1.807, 2.05) is 6.07 Å². The van der Waals surface area contributed by atoms with Crippen molar-refractivity contribution < 1.29 is 9.47 Å². The van der Waals surface area contributed by atoms with Crippen molar-refractivity contribution in [1.29, 1.82) is 0 Å². The summed E-state index contributed by atoms with van der Waals surface area (Å²) in [6.45, 7) is 6.52. The van der Waals surface area contributed by atoms with Gasteiger partial charge in [-0.05, 0) is 36.6 Å². The predicted molar refractivity (Wildman–Crippen MR) is 73.5 cm³/mol. The van der Waals surface area contributed by atoms with Gasteiger partial charge in [0.15, 0.2) is 11.5 Å². The topological polar surface area (TPSA) is 30.5 Å². The van der Waals surface area contributed by atoms with Crippen LogP contribution in [0.1, 0.15) is 25.8 Å². The molecule has 1 aliphatic carbocycles. The second-order valence-electron chi connectivity index (χ2n) is 5.11. The summed E-state index contributed by atoms with van der Waals surface area (Å²) in [5, 5.41) is 3.47. The van der Waals surface area contributed by atoms with Crippen LogP contribution in [0, 0.1) is 5.92 Å². The van der Waals surface area contributed by atoms with Gasteiger partial charge in [-0.2, -0.15) is 0 Å². The molecule has 0 amide bonds. The molecular formula is C15H23NO2. The van der Waals surface area contributed by atoms with Crippen molar-refractivity contribution in [3.63, 3.8) is 0 Å². The molecule has 0 aromatic heterocycles. The van der Waals surface area contributed by atoms with Crippen molar-refractivity contribution in [3.05, 3.63) is 23.8 Å². The highest BCUT2D eigenvalue weighted by atomic mass is 16.5. The van der Waals surface area contributed by atoms with Crippen LogP contribution in [0.15, 0.2) is 18.2 Å². The lowest BCUT2D eigenvalue weighted by Crippen LogP contribution is -2.28. The summed E-state index contributed by atoms with van der Waals surface area (Å²) in [6, 6.07) is 6.30. The van der Waals surface area contributed by atoms with Crippen molar-refractivity contribution >= 4 is 0 Å². The Morgan fingerprint density at radius 1 is 1.28 bits per heavy atom. The zero-order chi connectivity index (χ0) is 13.2. The first-order valence-corrected chi connectivity index (χ1v) is 6.61. The van der Waals surface area contributed by atoms with Crippen LogP contribution in [-0.4, -0.2) is 27.3 Å². The van der Waals surface area contributed by atoms with Gasteiger partial charge in [0, 0.05) is 12.0 Å². The van der Waals surface area contributed by atoms with E-state index in [2.05, 4.69) is 31.3 Å². The number of hydrogen-bond acceptors (Lipinski definition) is 3. The minimum Gasteiger partial charge on any atom is -0.493 e. The lowest BCUT2D eigenvalue weighted by Gasteiger charge is -2.19. The molecular weight excluding hydrogens is 226 g/mol. The fourth-order valence-electron chi connectivity index (χ4n) is 2.73. The smallest absolute Gasteiger partial charge is 0.161 e. The van der Waals surface area contributed by atoms with E-state index < -0.39 is 0 Å². The summed E-state index contributed by atoms with van der Waals surface area (Å²) < 4.78 is 10.7. The third-order valence-corrected chi connectivity index (χ3v) is 4.10. The molecule has 2 unspecified atom stereocenters. The van der Waals surface area contributed by atoms with E-state index in [4.69, 9.17) is 9.47 Å². The van der Waals surface area contributed by atoms with Gasteiger partial charge in [-0.15, -0.1) is 0 Å². The van der Waals surface area contributed by atoms with E-state index in [0.29, 0.717) is 0 Å². The Morgan fingerprint density at radius 3 is 2.44 bits per heavy atom. The molecule has 1 fully saturated rings. The van der Waals surface area contributed by atoms with Crippen LogP contribution in [0.5, 0.6) is 11.5 Å². The van der Waals surface area contributed by atoms with E-state index in [1.54, 1.807) is 14.2 Å². The largest absolute Gasteiger partial charge is 0.493 e. The maximum absolute atomic E-state index is 5.39. The highest BCUT2D eigenvalue weighted by Gasteiger charge is 2.51. The molecule has 100 valence electrons. The standard InChI is InChI=1S/C15H23NO2/c1-5-16-10-15(9-11(15)2)12-6-7-13(17-3)14(8-12)18-4/h6-8,11,16H,5,9-10H2,1-4H3. The van der Waals surface area contributed by atoms with Gasteiger partial charge >= 0.3 is 0 Å². The summed E-state index contributed by atoms with van der Waals surface area (Å²) in [5.74, 6) is 2.35. The number of likely N-dealkylation sites (N-methyl/N-ethyl adjacent to an activating group) is 1. The minimum atomic E-state index is 0.287. The first kappa shape index (κ1) is 13.2. The van der Waals surface area contributed by atoms with Gasteiger partial charge < -0.3 is 14.8 Å².